The summed E-state index contributed by atoms with van der Waals surface area (Å²) in [6.07, 6.45) is -0.785. The number of carbonyl (C=O) groups excluding carboxylic acids is 1. The fourth-order valence-electron chi connectivity index (χ4n) is 2.33. The van der Waals surface area contributed by atoms with E-state index in [1.807, 2.05) is 54.6 Å². The molecule has 2 unspecified atom stereocenters. The Morgan fingerprint density at radius 3 is 2.59 bits per heavy atom. The molecule has 0 N–H and O–H groups in total. The van der Waals surface area contributed by atoms with Gasteiger partial charge < -0.3 is 14.2 Å². The standard InChI is InChI=1S/C18H18O4/c1-2-20-18(19)17-16(22-17)14-10-6-7-11-15(14)21-12-13-8-4-3-5-9-13/h3-11,16-17H,2,12H2,1H3. The van der Waals surface area contributed by atoms with Gasteiger partial charge in [-0.1, -0.05) is 48.5 Å². The number of ether oxygens (including phenoxy) is 3. The predicted octanol–water partition coefficient (Wildman–Crippen LogP) is 3.27. The molecule has 0 aromatic heterocycles. The molecule has 0 radical (unpaired) electrons. The van der Waals surface area contributed by atoms with Gasteiger partial charge in [0, 0.05) is 5.56 Å². The van der Waals surface area contributed by atoms with Crippen LogP contribution in [-0.2, 0) is 20.9 Å². The third-order valence-electron chi connectivity index (χ3n) is 3.47. The molecule has 1 aliphatic heterocycles. The van der Waals surface area contributed by atoms with Gasteiger partial charge in [0.2, 0.25) is 0 Å². The highest BCUT2D eigenvalue weighted by atomic mass is 16.6. The van der Waals surface area contributed by atoms with Crippen LogP contribution >= 0.6 is 0 Å². The predicted molar refractivity (Wildman–Crippen MR) is 81.5 cm³/mol. The average molecular weight is 298 g/mol. The van der Waals surface area contributed by atoms with E-state index in [0.29, 0.717) is 13.2 Å². The van der Waals surface area contributed by atoms with Gasteiger partial charge in [-0.3, -0.25) is 0 Å². The quantitative estimate of drug-likeness (QED) is 0.606. The second-order valence-electron chi connectivity index (χ2n) is 5.04. The Labute approximate surface area is 129 Å². The largest absolute Gasteiger partial charge is 0.489 e. The van der Waals surface area contributed by atoms with Crippen LogP contribution in [-0.4, -0.2) is 18.7 Å². The molecular formula is C18H18O4. The van der Waals surface area contributed by atoms with Gasteiger partial charge in [0.05, 0.1) is 6.61 Å². The van der Waals surface area contributed by atoms with Crippen LogP contribution in [0.2, 0.25) is 0 Å². The van der Waals surface area contributed by atoms with Crippen LogP contribution in [0.5, 0.6) is 5.75 Å². The van der Waals surface area contributed by atoms with Gasteiger partial charge in [-0.2, -0.15) is 0 Å². The molecule has 0 spiro atoms. The van der Waals surface area contributed by atoms with E-state index in [4.69, 9.17) is 14.2 Å². The van der Waals surface area contributed by atoms with Crippen molar-refractivity contribution in [2.75, 3.05) is 6.61 Å². The molecule has 4 nitrogen and oxygen atoms in total. The molecule has 1 fully saturated rings. The SMILES string of the molecule is CCOC(=O)C1OC1c1ccccc1OCc1ccccc1. The van der Waals surface area contributed by atoms with Crippen LogP contribution in [0.25, 0.3) is 0 Å². The fraction of sp³-hybridized carbons (Fsp3) is 0.278. The zero-order chi connectivity index (χ0) is 15.4. The first-order valence-corrected chi connectivity index (χ1v) is 7.37. The van der Waals surface area contributed by atoms with Crippen molar-refractivity contribution in [1.82, 2.24) is 0 Å². The Balaban J connectivity index is 1.68. The zero-order valence-electron chi connectivity index (χ0n) is 12.4. The van der Waals surface area contributed by atoms with Gasteiger partial charge in [-0.15, -0.1) is 0 Å². The van der Waals surface area contributed by atoms with Crippen LogP contribution < -0.4 is 4.74 Å². The number of esters is 1. The van der Waals surface area contributed by atoms with E-state index in [9.17, 15) is 4.79 Å². The molecule has 3 rings (SSSR count). The highest BCUT2D eigenvalue weighted by Gasteiger charge is 2.48. The van der Waals surface area contributed by atoms with E-state index >= 15 is 0 Å². The highest BCUT2D eigenvalue weighted by molar-refractivity contribution is 5.78. The number of hydrogen-bond acceptors (Lipinski definition) is 4. The third kappa shape index (κ3) is 3.28. The minimum Gasteiger partial charge on any atom is -0.489 e. The molecule has 0 saturated carbocycles. The number of rotatable bonds is 6. The van der Waals surface area contributed by atoms with Gasteiger partial charge in [0.15, 0.2) is 6.10 Å². The van der Waals surface area contributed by atoms with Crippen molar-refractivity contribution in [3.63, 3.8) is 0 Å². The smallest absolute Gasteiger partial charge is 0.338 e. The van der Waals surface area contributed by atoms with Crippen molar-refractivity contribution >= 4 is 5.97 Å². The molecule has 1 aliphatic rings. The van der Waals surface area contributed by atoms with E-state index in [1.54, 1.807) is 6.92 Å². The van der Waals surface area contributed by atoms with E-state index in [-0.39, 0.29) is 12.1 Å². The molecule has 0 amide bonds. The molecule has 1 heterocycles. The van der Waals surface area contributed by atoms with Gasteiger partial charge in [-0.05, 0) is 18.6 Å². The lowest BCUT2D eigenvalue weighted by molar-refractivity contribution is -0.144. The lowest BCUT2D eigenvalue weighted by Gasteiger charge is -2.10. The van der Waals surface area contributed by atoms with Gasteiger partial charge >= 0.3 is 5.97 Å². The van der Waals surface area contributed by atoms with Crippen LogP contribution in [0.1, 0.15) is 24.2 Å². The Morgan fingerprint density at radius 1 is 1.09 bits per heavy atom. The van der Waals surface area contributed by atoms with Crippen LogP contribution in [0.3, 0.4) is 0 Å². The topological polar surface area (TPSA) is 48.1 Å². The van der Waals surface area contributed by atoms with E-state index in [0.717, 1.165) is 16.9 Å². The fourth-order valence-corrected chi connectivity index (χ4v) is 2.33. The minimum atomic E-state index is -0.513. The summed E-state index contributed by atoms with van der Waals surface area (Å²) in [5, 5.41) is 0. The van der Waals surface area contributed by atoms with Crippen molar-refractivity contribution in [1.29, 1.82) is 0 Å². The summed E-state index contributed by atoms with van der Waals surface area (Å²) in [6.45, 7) is 2.62. The molecule has 22 heavy (non-hydrogen) atoms. The minimum absolute atomic E-state index is 0.272. The summed E-state index contributed by atoms with van der Waals surface area (Å²) < 4.78 is 16.3. The zero-order valence-corrected chi connectivity index (χ0v) is 12.4. The van der Waals surface area contributed by atoms with E-state index in [2.05, 4.69) is 0 Å². The monoisotopic (exact) mass is 298 g/mol. The first-order chi connectivity index (χ1) is 10.8. The summed E-state index contributed by atoms with van der Waals surface area (Å²) in [6, 6.07) is 17.6. The Kier molecular flexibility index (Phi) is 4.39. The van der Waals surface area contributed by atoms with Crippen molar-refractivity contribution in [2.45, 2.75) is 25.7 Å². The van der Waals surface area contributed by atoms with Crippen molar-refractivity contribution < 1.29 is 19.0 Å². The van der Waals surface area contributed by atoms with Gasteiger partial charge in [0.25, 0.3) is 0 Å². The maximum absolute atomic E-state index is 11.7. The molecule has 2 aromatic rings. The van der Waals surface area contributed by atoms with Crippen LogP contribution in [0.4, 0.5) is 0 Å². The summed E-state index contributed by atoms with van der Waals surface area (Å²) in [5.41, 5.74) is 1.98. The summed E-state index contributed by atoms with van der Waals surface area (Å²) in [7, 11) is 0. The molecule has 1 saturated heterocycles. The first kappa shape index (κ1) is 14.6. The second kappa shape index (κ2) is 6.62. The van der Waals surface area contributed by atoms with E-state index < -0.39 is 6.10 Å². The molecule has 2 aromatic carbocycles. The maximum atomic E-state index is 11.7. The lowest BCUT2D eigenvalue weighted by atomic mass is 10.1. The van der Waals surface area contributed by atoms with E-state index in [1.165, 1.54) is 0 Å². The third-order valence-corrected chi connectivity index (χ3v) is 3.47. The number of carbonyl (C=O) groups is 1. The number of para-hydroxylation sites is 1. The Bertz CT molecular complexity index is 639. The molecular weight excluding hydrogens is 280 g/mol. The number of hydrogen-bond donors (Lipinski definition) is 0. The first-order valence-electron chi connectivity index (χ1n) is 7.37. The Morgan fingerprint density at radius 2 is 1.82 bits per heavy atom. The molecule has 0 aliphatic carbocycles. The van der Waals surface area contributed by atoms with Crippen molar-refractivity contribution in [3.05, 3.63) is 65.7 Å². The number of benzene rings is 2. The number of epoxide rings is 1. The second-order valence-corrected chi connectivity index (χ2v) is 5.04. The average Bonchev–Trinajstić information content (AvgIpc) is 3.35. The highest BCUT2D eigenvalue weighted by Crippen LogP contribution is 2.43. The Hall–Kier alpha value is -2.33. The molecule has 4 heteroatoms. The van der Waals surface area contributed by atoms with Crippen molar-refractivity contribution in [3.8, 4) is 5.75 Å². The summed E-state index contributed by atoms with van der Waals surface area (Å²) >= 11 is 0. The molecule has 2 atom stereocenters. The van der Waals surface area contributed by atoms with Crippen molar-refractivity contribution in [2.24, 2.45) is 0 Å². The van der Waals surface area contributed by atoms with Gasteiger partial charge in [-0.25, -0.2) is 4.79 Å². The maximum Gasteiger partial charge on any atom is 0.338 e. The summed E-state index contributed by atoms with van der Waals surface area (Å²) in [4.78, 5) is 11.7. The van der Waals surface area contributed by atoms with Crippen LogP contribution in [0.15, 0.2) is 54.6 Å². The van der Waals surface area contributed by atoms with Gasteiger partial charge in [0.1, 0.15) is 18.5 Å². The molecule has 0 bridgehead atoms. The normalized spacial score (nSPS) is 19.5. The summed E-state index contributed by atoms with van der Waals surface area (Å²) in [5.74, 6) is 0.425. The molecule has 114 valence electrons. The van der Waals surface area contributed by atoms with Crippen LogP contribution in [0, 0.1) is 0 Å². The lowest BCUT2D eigenvalue weighted by Crippen LogP contribution is -2.12.